The van der Waals surface area contributed by atoms with Crippen molar-refractivity contribution in [3.8, 4) is 5.75 Å². The molecule has 1 heterocycles. The number of nitrogens with one attached hydrogen (secondary N) is 1. The van der Waals surface area contributed by atoms with Gasteiger partial charge in [-0.3, -0.25) is 9.59 Å². The summed E-state index contributed by atoms with van der Waals surface area (Å²) in [6.45, 7) is 7.65. The van der Waals surface area contributed by atoms with Crippen molar-refractivity contribution in [2.75, 3.05) is 23.4 Å². The van der Waals surface area contributed by atoms with E-state index < -0.39 is 11.6 Å². The van der Waals surface area contributed by atoms with E-state index in [1.807, 2.05) is 25.1 Å². The van der Waals surface area contributed by atoms with Crippen LogP contribution in [0.2, 0.25) is 0 Å². The van der Waals surface area contributed by atoms with E-state index >= 15 is 0 Å². The van der Waals surface area contributed by atoms with Crippen LogP contribution >= 0.6 is 0 Å². The molecule has 0 aromatic heterocycles. The van der Waals surface area contributed by atoms with Crippen LogP contribution in [-0.2, 0) is 14.3 Å². The van der Waals surface area contributed by atoms with E-state index in [9.17, 15) is 14.4 Å². The lowest BCUT2D eigenvalue weighted by Gasteiger charge is -2.38. The first kappa shape index (κ1) is 21.4. The summed E-state index contributed by atoms with van der Waals surface area (Å²) in [5, 5.41) is 2.79. The quantitative estimate of drug-likeness (QED) is 0.734. The van der Waals surface area contributed by atoms with Crippen LogP contribution in [0.25, 0.3) is 0 Å². The molecule has 1 aliphatic rings. The second-order valence-electron chi connectivity index (χ2n) is 7.64. The topological polar surface area (TPSA) is 84.9 Å². The number of aryl methyl sites for hydroxylation is 1. The van der Waals surface area contributed by atoms with Crippen molar-refractivity contribution in [3.63, 3.8) is 0 Å². The van der Waals surface area contributed by atoms with Gasteiger partial charge in [-0.1, -0.05) is 6.07 Å². The number of carbonyl (C=O) groups excluding carboxylic acids is 3. The Hall–Kier alpha value is -3.35. The van der Waals surface area contributed by atoms with Crippen molar-refractivity contribution in [3.05, 3.63) is 53.6 Å². The van der Waals surface area contributed by atoms with Gasteiger partial charge in [0.25, 0.3) is 5.91 Å². The second kappa shape index (κ2) is 8.57. The van der Waals surface area contributed by atoms with Gasteiger partial charge in [-0.2, -0.15) is 0 Å². The Morgan fingerprint density at radius 3 is 2.50 bits per heavy atom. The fraction of sp³-hybridized carbons (Fsp3) is 0.348. The SMILES string of the molecule is CCOC(=O)c1ccc(NC(=O)CCN2C(=O)C(C)(C)Oc3ccc(C)cc32)cc1. The Labute approximate surface area is 176 Å². The number of anilines is 2. The molecular weight excluding hydrogens is 384 g/mol. The molecule has 7 nitrogen and oxygen atoms in total. The van der Waals surface area contributed by atoms with Crippen LogP contribution in [0.15, 0.2) is 42.5 Å². The predicted octanol–water partition coefficient (Wildman–Crippen LogP) is 3.70. The van der Waals surface area contributed by atoms with Crippen molar-refractivity contribution in [1.82, 2.24) is 0 Å². The second-order valence-corrected chi connectivity index (χ2v) is 7.64. The van der Waals surface area contributed by atoms with Gasteiger partial charge in [0.05, 0.1) is 17.9 Å². The number of benzene rings is 2. The van der Waals surface area contributed by atoms with Crippen molar-refractivity contribution in [1.29, 1.82) is 0 Å². The summed E-state index contributed by atoms with van der Waals surface area (Å²) in [7, 11) is 0. The van der Waals surface area contributed by atoms with Crippen molar-refractivity contribution >= 4 is 29.2 Å². The molecule has 2 aromatic rings. The fourth-order valence-electron chi connectivity index (χ4n) is 3.24. The number of hydrogen-bond donors (Lipinski definition) is 1. The third kappa shape index (κ3) is 4.62. The molecule has 0 saturated heterocycles. The van der Waals surface area contributed by atoms with Crippen LogP contribution in [0.1, 0.15) is 43.1 Å². The van der Waals surface area contributed by atoms with Crippen LogP contribution in [0.5, 0.6) is 5.75 Å². The number of carbonyl (C=O) groups is 3. The maximum atomic E-state index is 12.9. The van der Waals surface area contributed by atoms with Gasteiger partial charge < -0.3 is 19.7 Å². The Morgan fingerprint density at radius 2 is 1.83 bits per heavy atom. The van der Waals surface area contributed by atoms with E-state index in [0.29, 0.717) is 29.3 Å². The lowest BCUT2D eigenvalue weighted by atomic mass is 10.0. The summed E-state index contributed by atoms with van der Waals surface area (Å²) in [6.07, 6.45) is 0.120. The molecule has 2 amide bonds. The van der Waals surface area contributed by atoms with E-state index in [-0.39, 0.29) is 24.8 Å². The number of rotatable bonds is 6. The smallest absolute Gasteiger partial charge is 0.338 e. The number of nitrogens with zero attached hydrogens (tertiary/aromatic N) is 1. The standard InChI is InChI=1S/C23H26N2O5/c1-5-29-21(27)16-7-9-17(10-8-16)24-20(26)12-13-25-18-14-15(2)6-11-19(18)30-23(3,4)22(25)28/h6-11,14H,5,12-13H2,1-4H3,(H,24,26). The van der Waals surface area contributed by atoms with Crippen molar-refractivity contribution in [2.24, 2.45) is 0 Å². The Bertz CT molecular complexity index is 966. The molecule has 0 aliphatic carbocycles. The lowest BCUT2D eigenvalue weighted by Crippen LogP contribution is -2.53. The van der Waals surface area contributed by atoms with E-state index in [0.717, 1.165) is 5.56 Å². The van der Waals surface area contributed by atoms with Gasteiger partial charge in [0.15, 0.2) is 5.60 Å². The number of hydrogen-bond acceptors (Lipinski definition) is 5. The van der Waals surface area contributed by atoms with Crippen molar-refractivity contribution in [2.45, 2.75) is 39.7 Å². The zero-order valence-electron chi connectivity index (χ0n) is 17.7. The highest BCUT2D eigenvalue weighted by Gasteiger charge is 2.40. The molecule has 0 unspecified atom stereocenters. The Morgan fingerprint density at radius 1 is 1.13 bits per heavy atom. The zero-order chi connectivity index (χ0) is 21.9. The highest BCUT2D eigenvalue weighted by molar-refractivity contribution is 6.03. The number of fused-ring (bicyclic) bond motifs is 1. The van der Waals surface area contributed by atoms with Gasteiger partial charge in [0.2, 0.25) is 5.91 Å². The first-order valence-electron chi connectivity index (χ1n) is 9.90. The van der Waals surface area contributed by atoms with Gasteiger partial charge in [-0.05, 0) is 69.7 Å². The van der Waals surface area contributed by atoms with Gasteiger partial charge >= 0.3 is 5.97 Å². The van der Waals surface area contributed by atoms with Crippen LogP contribution in [0.3, 0.4) is 0 Å². The van der Waals surface area contributed by atoms with E-state index in [1.165, 1.54) is 0 Å². The minimum absolute atomic E-state index is 0.120. The molecule has 0 bridgehead atoms. The molecule has 1 aliphatic heterocycles. The van der Waals surface area contributed by atoms with Crippen LogP contribution in [0, 0.1) is 6.92 Å². The van der Waals surface area contributed by atoms with Gasteiger partial charge in [0, 0.05) is 18.7 Å². The third-order valence-electron chi connectivity index (χ3n) is 4.77. The van der Waals surface area contributed by atoms with Crippen molar-refractivity contribution < 1.29 is 23.9 Å². The average Bonchev–Trinajstić information content (AvgIpc) is 2.69. The zero-order valence-corrected chi connectivity index (χ0v) is 17.7. The molecule has 0 fully saturated rings. The average molecular weight is 410 g/mol. The molecule has 30 heavy (non-hydrogen) atoms. The predicted molar refractivity (Wildman–Crippen MR) is 114 cm³/mol. The van der Waals surface area contributed by atoms with Gasteiger partial charge in [-0.25, -0.2) is 4.79 Å². The van der Waals surface area contributed by atoms with Crippen LogP contribution in [-0.4, -0.2) is 36.5 Å². The summed E-state index contributed by atoms with van der Waals surface area (Å²) < 4.78 is 10.8. The van der Waals surface area contributed by atoms with Crippen LogP contribution < -0.4 is 15.0 Å². The monoisotopic (exact) mass is 410 g/mol. The molecule has 158 valence electrons. The summed E-state index contributed by atoms with van der Waals surface area (Å²) in [6, 6.07) is 12.1. The van der Waals surface area contributed by atoms with Gasteiger partial charge in [0.1, 0.15) is 5.75 Å². The van der Waals surface area contributed by atoms with E-state index in [4.69, 9.17) is 9.47 Å². The Kier molecular flexibility index (Phi) is 6.10. The van der Waals surface area contributed by atoms with E-state index in [2.05, 4.69) is 5.32 Å². The molecule has 1 N–H and O–H groups in total. The summed E-state index contributed by atoms with van der Waals surface area (Å²) in [5.74, 6) is -0.199. The van der Waals surface area contributed by atoms with Gasteiger partial charge in [-0.15, -0.1) is 0 Å². The minimum atomic E-state index is -0.998. The molecule has 0 spiro atoms. The lowest BCUT2D eigenvalue weighted by molar-refractivity contribution is -0.132. The largest absolute Gasteiger partial charge is 0.476 e. The number of ether oxygens (including phenoxy) is 2. The van der Waals surface area contributed by atoms with E-state index in [1.54, 1.807) is 49.9 Å². The molecule has 0 saturated carbocycles. The molecule has 3 rings (SSSR count). The summed E-state index contributed by atoms with van der Waals surface area (Å²) in [5.41, 5.74) is 1.66. The maximum Gasteiger partial charge on any atom is 0.338 e. The highest BCUT2D eigenvalue weighted by atomic mass is 16.5. The summed E-state index contributed by atoms with van der Waals surface area (Å²) in [4.78, 5) is 38.6. The maximum absolute atomic E-state index is 12.9. The van der Waals surface area contributed by atoms with Crippen LogP contribution in [0.4, 0.5) is 11.4 Å². The summed E-state index contributed by atoms with van der Waals surface area (Å²) >= 11 is 0. The first-order valence-corrected chi connectivity index (χ1v) is 9.90. The fourth-order valence-corrected chi connectivity index (χ4v) is 3.24. The molecule has 7 heteroatoms. The molecular formula is C23H26N2O5. The molecule has 0 radical (unpaired) electrons. The third-order valence-corrected chi connectivity index (χ3v) is 4.77. The first-order chi connectivity index (χ1) is 14.2. The number of amides is 2. The highest BCUT2D eigenvalue weighted by Crippen LogP contribution is 2.38. The molecule has 2 aromatic carbocycles. The molecule has 0 atom stereocenters. The Balaban J connectivity index is 1.66. The normalized spacial score (nSPS) is 14.5. The number of esters is 1. The minimum Gasteiger partial charge on any atom is -0.476 e.